The van der Waals surface area contributed by atoms with E-state index in [0.717, 1.165) is 19.5 Å². The average molecular weight is 462 g/mol. The summed E-state index contributed by atoms with van der Waals surface area (Å²) in [5, 5.41) is 9.56. The zero-order valence-corrected chi connectivity index (χ0v) is 18.2. The first-order valence-electron chi connectivity index (χ1n) is 8.84. The Bertz CT molecular complexity index is 1160. The van der Waals surface area contributed by atoms with E-state index in [1.54, 1.807) is 4.57 Å². The molecule has 2 aromatic heterocycles. The molecule has 28 heavy (non-hydrogen) atoms. The summed E-state index contributed by atoms with van der Waals surface area (Å²) in [6.45, 7) is 5.67. The van der Waals surface area contributed by atoms with E-state index in [4.69, 9.17) is 10.00 Å². The number of rotatable bonds is 6. The molecule has 146 valence electrons. The highest BCUT2D eigenvalue weighted by Gasteiger charge is 2.22. The second-order valence-corrected chi connectivity index (χ2v) is 9.02. The van der Waals surface area contributed by atoms with E-state index >= 15 is 0 Å². The number of aryl methyl sites for hydroxylation is 1. The van der Waals surface area contributed by atoms with Gasteiger partial charge in [-0.15, -0.1) is 11.3 Å². The highest BCUT2D eigenvalue weighted by Crippen LogP contribution is 2.33. The third-order valence-corrected chi connectivity index (χ3v) is 6.60. The summed E-state index contributed by atoms with van der Waals surface area (Å²) in [6, 6.07) is 11.6. The van der Waals surface area contributed by atoms with Gasteiger partial charge in [-0.3, -0.25) is 9.36 Å². The maximum absolute atomic E-state index is 13.1. The van der Waals surface area contributed by atoms with Gasteiger partial charge in [0.05, 0.1) is 27.9 Å². The van der Waals surface area contributed by atoms with Crippen LogP contribution in [0.25, 0.3) is 10.2 Å². The molecule has 3 rings (SSSR count). The van der Waals surface area contributed by atoms with Crippen molar-refractivity contribution in [1.82, 2.24) is 9.13 Å². The molecule has 0 aliphatic rings. The van der Waals surface area contributed by atoms with Gasteiger partial charge in [-0.25, -0.2) is 9.36 Å². The normalized spacial score (nSPS) is 12.4. The summed E-state index contributed by atoms with van der Waals surface area (Å²) in [6.07, 6.45) is -0.408. The summed E-state index contributed by atoms with van der Waals surface area (Å²) in [4.78, 5) is 26.5. The van der Waals surface area contributed by atoms with Crippen molar-refractivity contribution >= 4 is 37.5 Å². The Kier molecular flexibility index (Phi) is 6.18. The Labute approximate surface area is 174 Å². The Hall–Kier alpha value is -2.21. The minimum absolute atomic E-state index is 0.0433. The number of fused-ring (bicyclic) bond motifs is 1. The average Bonchev–Trinajstić information content (AvgIpc) is 2.96. The third-order valence-electron chi connectivity index (χ3n) is 4.42. The molecule has 6 nitrogen and oxygen atoms in total. The van der Waals surface area contributed by atoms with Crippen molar-refractivity contribution in [3.63, 3.8) is 0 Å². The van der Waals surface area contributed by atoms with E-state index in [0.29, 0.717) is 10.2 Å². The summed E-state index contributed by atoms with van der Waals surface area (Å²) < 4.78 is 9.43. The molecular formula is C20H20BrN3O3S. The van der Waals surface area contributed by atoms with Crippen LogP contribution in [0.1, 0.15) is 31.1 Å². The first kappa shape index (κ1) is 20.5. The summed E-state index contributed by atoms with van der Waals surface area (Å²) in [5.41, 5.74) is 0.785. The molecule has 1 atom stereocenters. The third kappa shape index (κ3) is 3.83. The molecule has 0 bridgehead atoms. The van der Waals surface area contributed by atoms with E-state index < -0.39 is 11.2 Å². The molecule has 1 aromatic carbocycles. The minimum Gasteiger partial charge on any atom is -0.369 e. The van der Waals surface area contributed by atoms with Crippen LogP contribution in [-0.2, 0) is 17.8 Å². The molecule has 2 heterocycles. The van der Waals surface area contributed by atoms with Crippen LogP contribution in [0.4, 0.5) is 0 Å². The number of benzene rings is 1. The van der Waals surface area contributed by atoms with Crippen LogP contribution in [0.3, 0.4) is 0 Å². The Balaban J connectivity index is 2.24. The zero-order valence-electron chi connectivity index (χ0n) is 15.8. The minimum atomic E-state index is -0.499. The fourth-order valence-electron chi connectivity index (χ4n) is 3.13. The van der Waals surface area contributed by atoms with Gasteiger partial charge in [0.15, 0.2) is 0 Å². The van der Waals surface area contributed by atoms with E-state index in [2.05, 4.69) is 15.9 Å². The van der Waals surface area contributed by atoms with Gasteiger partial charge in [0.2, 0.25) is 0 Å². The van der Waals surface area contributed by atoms with Crippen LogP contribution < -0.4 is 11.2 Å². The van der Waals surface area contributed by atoms with Gasteiger partial charge in [0.1, 0.15) is 17.5 Å². The zero-order chi connectivity index (χ0) is 20.4. The number of aromatic nitrogens is 2. The highest BCUT2D eigenvalue weighted by atomic mass is 79.9. The van der Waals surface area contributed by atoms with E-state index in [1.807, 2.05) is 57.2 Å². The van der Waals surface area contributed by atoms with Crippen LogP contribution >= 0.6 is 27.3 Å². The van der Waals surface area contributed by atoms with E-state index in [9.17, 15) is 9.59 Å². The van der Waals surface area contributed by atoms with Gasteiger partial charge in [0, 0.05) is 0 Å². The highest BCUT2D eigenvalue weighted by molar-refractivity contribution is 9.11. The lowest BCUT2D eigenvalue weighted by molar-refractivity contribution is -0.00336. The molecular weight excluding hydrogens is 442 g/mol. The van der Waals surface area contributed by atoms with Gasteiger partial charge in [-0.1, -0.05) is 30.3 Å². The van der Waals surface area contributed by atoms with Crippen LogP contribution in [0.5, 0.6) is 0 Å². The van der Waals surface area contributed by atoms with Crippen molar-refractivity contribution in [3.8, 4) is 6.07 Å². The predicted octanol–water partition coefficient (Wildman–Crippen LogP) is 3.99. The smallest absolute Gasteiger partial charge is 0.333 e. The molecule has 0 spiro atoms. The predicted molar refractivity (Wildman–Crippen MR) is 114 cm³/mol. The molecule has 3 aromatic rings. The van der Waals surface area contributed by atoms with Gasteiger partial charge < -0.3 is 4.74 Å². The van der Waals surface area contributed by atoms with Gasteiger partial charge in [-0.05, 0) is 47.8 Å². The summed E-state index contributed by atoms with van der Waals surface area (Å²) in [7, 11) is 0. The topological polar surface area (TPSA) is 77.0 Å². The number of halogens is 1. The Morgan fingerprint density at radius 1 is 1.21 bits per heavy atom. The number of hydrogen-bond donors (Lipinski definition) is 0. The molecule has 0 saturated carbocycles. The second kappa shape index (κ2) is 8.43. The number of nitrogens with zero attached hydrogens (tertiary/aromatic N) is 3. The monoisotopic (exact) mass is 461 g/mol. The SMILES string of the molecule is Cc1c(Br)sc2c1c(=O)n(CC#N)c(=O)n2C[C@H](OC(C)C)c1ccccc1. The molecule has 0 N–H and O–H groups in total. The molecule has 0 aliphatic carbocycles. The lowest BCUT2D eigenvalue weighted by atomic mass is 10.1. The first-order chi connectivity index (χ1) is 13.3. The van der Waals surface area contributed by atoms with Crippen LogP contribution in [-0.4, -0.2) is 15.2 Å². The number of hydrogen-bond acceptors (Lipinski definition) is 5. The van der Waals surface area contributed by atoms with Gasteiger partial charge in [-0.2, -0.15) is 5.26 Å². The van der Waals surface area contributed by atoms with E-state index in [1.165, 1.54) is 11.3 Å². The molecule has 0 aliphatic heterocycles. The first-order valence-corrected chi connectivity index (χ1v) is 10.5. The number of ether oxygens (including phenoxy) is 1. The second-order valence-electron chi connectivity index (χ2n) is 6.71. The lowest BCUT2D eigenvalue weighted by Gasteiger charge is -2.22. The quantitative estimate of drug-likeness (QED) is 0.555. The largest absolute Gasteiger partial charge is 0.369 e. The summed E-state index contributed by atoms with van der Waals surface area (Å²) >= 11 is 4.82. The van der Waals surface area contributed by atoms with Crippen LogP contribution in [0.15, 0.2) is 43.7 Å². The molecule has 0 unspecified atom stereocenters. The van der Waals surface area contributed by atoms with Gasteiger partial charge in [0.25, 0.3) is 5.56 Å². The van der Waals surface area contributed by atoms with Crippen molar-refractivity contribution in [1.29, 1.82) is 5.26 Å². The number of nitriles is 1. The van der Waals surface area contributed by atoms with Crippen molar-refractivity contribution in [2.75, 3.05) is 0 Å². The maximum Gasteiger partial charge on any atom is 0.333 e. The van der Waals surface area contributed by atoms with Crippen molar-refractivity contribution in [3.05, 3.63) is 66.1 Å². The molecule has 8 heteroatoms. The van der Waals surface area contributed by atoms with Crippen molar-refractivity contribution < 1.29 is 4.74 Å². The Morgan fingerprint density at radius 3 is 2.50 bits per heavy atom. The molecule has 0 amide bonds. The van der Waals surface area contributed by atoms with E-state index in [-0.39, 0.29) is 25.3 Å². The molecule has 0 saturated heterocycles. The van der Waals surface area contributed by atoms with Crippen LogP contribution in [0.2, 0.25) is 0 Å². The Morgan fingerprint density at radius 2 is 1.89 bits per heavy atom. The standard InChI is InChI=1S/C20H20BrN3O3S/c1-12(2)27-15(14-7-5-4-6-8-14)11-24-19-16(13(3)17(21)28-19)18(25)23(10-9-22)20(24)26/h4-8,12,15H,10-11H2,1-3H3/t15-/m0/s1. The lowest BCUT2D eigenvalue weighted by Crippen LogP contribution is -2.40. The van der Waals surface area contributed by atoms with Crippen LogP contribution in [0, 0.1) is 18.3 Å². The molecule has 0 fully saturated rings. The molecule has 0 radical (unpaired) electrons. The van der Waals surface area contributed by atoms with Gasteiger partial charge >= 0.3 is 5.69 Å². The van der Waals surface area contributed by atoms with Crippen molar-refractivity contribution in [2.45, 2.75) is 46.1 Å². The fraction of sp³-hybridized carbons (Fsp3) is 0.350. The van der Waals surface area contributed by atoms with Crippen molar-refractivity contribution in [2.24, 2.45) is 0 Å². The number of thiophene rings is 1. The fourth-order valence-corrected chi connectivity index (χ4v) is 4.82. The summed E-state index contributed by atoms with van der Waals surface area (Å²) in [5.74, 6) is 0. The maximum atomic E-state index is 13.1.